The number of aryl methyl sites for hydroxylation is 1. The monoisotopic (exact) mass is 391 g/mol. The molecule has 0 spiro atoms. The molecule has 0 unspecified atom stereocenters. The first kappa shape index (κ1) is 19.5. The molecule has 0 radical (unpaired) electrons. The lowest BCUT2D eigenvalue weighted by atomic mass is 10.1. The maximum atomic E-state index is 12.8. The highest BCUT2D eigenvalue weighted by atomic mass is 16.5. The van der Waals surface area contributed by atoms with Gasteiger partial charge in [-0.1, -0.05) is 36.4 Å². The molecule has 1 aliphatic rings. The Morgan fingerprint density at radius 1 is 1.00 bits per heavy atom. The standard InChI is InChI=1S/C24H29N3O2/c1-29-23-11-5-2-7-19(23)8-6-12-26-13-15-27(16-14-26)24(28)17-20-18-25-22-10-4-3-9-21(20)22/h2-5,7,9-11,18,25H,6,8,12-17H2,1H3. The molecule has 5 nitrogen and oxygen atoms in total. The summed E-state index contributed by atoms with van der Waals surface area (Å²) in [6.45, 7) is 4.59. The van der Waals surface area contributed by atoms with Crippen molar-refractivity contribution in [3.8, 4) is 5.75 Å². The van der Waals surface area contributed by atoms with Crippen molar-refractivity contribution in [2.24, 2.45) is 0 Å². The van der Waals surface area contributed by atoms with Crippen molar-refractivity contribution in [2.45, 2.75) is 19.3 Å². The van der Waals surface area contributed by atoms with Crippen LogP contribution in [0.25, 0.3) is 10.9 Å². The maximum Gasteiger partial charge on any atom is 0.227 e. The summed E-state index contributed by atoms with van der Waals surface area (Å²) >= 11 is 0. The number of amides is 1. The Bertz CT molecular complexity index is 957. The molecule has 2 aromatic carbocycles. The Kier molecular flexibility index (Phi) is 6.15. The molecule has 29 heavy (non-hydrogen) atoms. The van der Waals surface area contributed by atoms with Crippen LogP contribution in [0.1, 0.15) is 17.5 Å². The number of aromatic nitrogens is 1. The van der Waals surface area contributed by atoms with Crippen molar-refractivity contribution < 1.29 is 9.53 Å². The number of H-pyrrole nitrogens is 1. The normalized spacial score (nSPS) is 15.0. The van der Waals surface area contributed by atoms with Gasteiger partial charge in [-0.15, -0.1) is 0 Å². The number of aromatic amines is 1. The smallest absolute Gasteiger partial charge is 0.227 e. The number of hydrogen-bond donors (Lipinski definition) is 1. The third-order valence-electron chi connectivity index (χ3n) is 5.85. The lowest BCUT2D eigenvalue weighted by Gasteiger charge is -2.34. The molecule has 2 heterocycles. The van der Waals surface area contributed by atoms with Crippen LogP contribution in [0.5, 0.6) is 5.75 Å². The minimum absolute atomic E-state index is 0.225. The number of benzene rings is 2. The van der Waals surface area contributed by atoms with Gasteiger partial charge in [0.15, 0.2) is 0 Å². The number of rotatable bonds is 7. The van der Waals surface area contributed by atoms with E-state index in [4.69, 9.17) is 4.74 Å². The summed E-state index contributed by atoms with van der Waals surface area (Å²) in [7, 11) is 1.73. The van der Waals surface area contributed by atoms with Gasteiger partial charge in [0.05, 0.1) is 13.5 Å². The van der Waals surface area contributed by atoms with E-state index < -0.39 is 0 Å². The van der Waals surface area contributed by atoms with Gasteiger partial charge in [-0.3, -0.25) is 9.69 Å². The number of nitrogens with one attached hydrogen (secondary N) is 1. The summed E-state index contributed by atoms with van der Waals surface area (Å²) in [5.41, 5.74) is 3.45. The van der Waals surface area contributed by atoms with E-state index in [2.05, 4.69) is 28.1 Å². The molecule has 1 saturated heterocycles. The highest BCUT2D eigenvalue weighted by Gasteiger charge is 2.21. The van der Waals surface area contributed by atoms with E-state index in [-0.39, 0.29) is 5.91 Å². The highest BCUT2D eigenvalue weighted by Crippen LogP contribution is 2.20. The third kappa shape index (κ3) is 4.62. The summed E-state index contributed by atoms with van der Waals surface area (Å²) < 4.78 is 5.44. The number of carbonyl (C=O) groups is 1. The van der Waals surface area contributed by atoms with Gasteiger partial charge in [-0.2, -0.15) is 0 Å². The summed E-state index contributed by atoms with van der Waals surface area (Å²) in [4.78, 5) is 20.5. The fourth-order valence-electron chi connectivity index (χ4n) is 4.18. The van der Waals surface area contributed by atoms with Gasteiger partial charge in [0.1, 0.15) is 5.75 Å². The van der Waals surface area contributed by atoms with E-state index in [1.807, 2.05) is 41.4 Å². The molecule has 1 fully saturated rings. The molecule has 1 N–H and O–H groups in total. The minimum Gasteiger partial charge on any atom is -0.496 e. The van der Waals surface area contributed by atoms with Gasteiger partial charge < -0.3 is 14.6 Å². The molecule has 3 aromatic rings. The lowest BCUT2D eigenvalue weighted by molar-refractivity contribution is -0.132. The van der Waals surface area contributed by atoms with Crippen molar-refractivity contribution in [3.63, 3.8) is 0 Å². The molecule has 5 heteroatoms. The Morgan fingerprint density at radius 3 is 2.59 bits per heavy atom. The molecule has 4 rings (SSSR count). The average Bonchev–Trinajstić information content (AvgIpc) is 3.17. The van der Waals surface area contributed by atoms with Gasteiger partial charge in [-0.25, -0.2) is 0 Å². The Balaban J connectivity index is 1.23. The van der Waals surface area contributed by atoms with E-state index in [9.17, 15) is 4.79 Å². The average molecular weight is 392 g/mol. The van der Waals surface area contributed by atoms with Gasteiger partial charge in [0.2, 0.25) is 5.91 Å². The van der Waals surface area contributed by atoms with Crippen LogP contribution in [0.4, 0.5) is 0 Å². The molecule has 1 amide bonds. The van der Waals surface area contributed by atoms with Crippen molar-refractivity contribution in [1.29, 1.82) is 0 Å². The van der Waals surface area contributed by atoms with Crippen molar-refractivity contribution in [2.75, 3.05) is 39.8 Å². The molecule has 0 bridgehead atoms. The first-order chi connectivity index (χ1) is 14.2. The predicted octanol–water partition coefficient (Wildman–Crippen LogP) is 3.50. The van der Waals surface area contributed by atoms with Gasteiger partial charge in [0.25, 0.3) is 0 Å². The second-order valence-electron chi connectivity index (χ2n) is 7.67. The van der Waals surface area contributed by atoms with Crippen molar-refractivity contribution >= 4 is 16.8 Å². The molecule has 0 atom stereocenters. The SMILES string of the molecule is COc1ccccc1CCCN1CCN(C(=O)Cc2c[nH]c3ccccc23)CC1. The Morgan fingerprint density at radius 2 is 1.76 bits per heavy atom. The van der Waals surface area contributed by atoms with Crippen LogP contribution in [-0.2, 0) is 17.6 Å². The molecule has 0 aliphatic carbocycles. The number of nitrogens with zero attached hydrogens (tertiary/aromatic N) is 2. The number of carbonyl (C=O) groups excluding carboxylic acids is 1. The van der Waals surface area contributed by atoms with Crippen LogP contribution in [0.15, 0.2) is 54.7 Å². The summed E-state index contributed by atoms with van der Waals surface area (Å²) in [6.07, 6.45) is 4.56. The third-order valence-corrected chi connectivity index (χ3v) is 5.85. The Hall–Kier alpha value is -2.79. The largest absolute Gasteiger partial charge is 0.496 e. The number of piperazine rings is 1. The van der Waals surface area contributed by atoms with E-state index >= 15 is 0 Å². The first-order valence-corrected chi connectivity index (χ1v) is 10.4. The van der Waals surface area contributed by atoms with Gasteiger partial charge >= 0.3 is 0 Å². The second-order valence-corrected chi connectivity index (χ2v) is 7.67. The second kappa shape index (κ2) is 9.14. The quantitative estimate of drug-likeness (QED) is 0.671. The van der Waals surface area contributed by atoms with Crippen LogP contribution >= 0.6 is 0 Å². The number of methoxy groups -OCH3 is 1. The van der Waals surface area contributed by atoms with Crippen LogP contribution < -0.4 is 4.74 Å². The zero-order chi connectivity index (χ0) is 20.1. The lowest BCUT2D eigenvalue weighted by Crippen LogP contribution is -2.49. The van der Waals surface area contributed by atoms with E-state index in [1.54, 1.807) is 7.11 Å². The van der Waals surface area contributed by atoms with Gasteiger partial charge in [-0.05, 0) is 42.6 Å². The number of ether oxygens (including phenoxy) is 1. The summed E-state index contributed by atoms with van der Waals surface area (Å²) in [5.74, 6) is 1.20. The molecule has 1 aliphatic heterocycles. The summed E-state index contributed by atoms with van der Waals surface area (Å²) in [5, 5.41) is 1.15. The van der Waals surface area contributed by atoms with E-state index in [0.29, 0.717) is 6.42 Å². The fraction of sp³-hybridized carbons (Fsp3) is 0.375. The molecule has 152 valence electrons. The molecule has 1 aromatic heterocycles. The van der Waals surface area contributed by atoms with E-state index in [1.165, 1.54) is 5.56 Å². The topological polar surface area (TPSA) is 48.6 Å². The number of para-hydroxylation sites is 2. The molecular weight excluding hydrogens is 362 g/mol. The number of hydrogen-bond acceptors (Lipinski definition) is 3. The highest BCUT2D eigenvalue weighted by molar-refractivity contribution is 5.88. The summed E-state index contributed by atoms with van der Waals surface area (Å²) in [6, 6.07) is 16.4. The minimum atomic E-state index is 0.225. The van der Waals surface area contributed by atoms with Crippen LogP contribution in [-0.4, -0.2) is 60.5 Å². The zero-order valence-corrected chi connectivity index (χ0v) is 17.1. The maximum absolute atomic E-state index is 12.8. The van der Waals surface area contributed by atoms with Crippen LogP contribution in [0.3, 0.4) is 0 Å². The van der Waals surface area contributed by atoms with Crippen molar-refractivity contribution in [1.82, 2.24) is 14.8 Å². The van der Waals surface area contributed by atoms with Crippen LogP contribution in [0, 0.1) is 0 Å². The molecular formula is C24H29N3O2. The predicted molar refractivity (Wildman–Crippen MR) is 116 cm³/mol. The van der Waals surface area contributed by atoms with Crippen molar-refractivity contribution in [3.05, 3.63) is 65.9 Å². The van der Waals surface area contributed by atoms with Gasteiger partial charge in [0, 0.05) is 43.3 Å². The first-order valence-electron chi connectivity index (χ1n) is 10.4. The Labute approximate surface area is 172 Å². The van der Waals surface area contributed by atoms with Crippen LogP contribution in [0.2, 0.25) is 0 Å². The zero-order valence-electron chi connectivity index (χ0n) is 17.1. The fourth-order valence-corrected chi connectivity index (χ4v) is 4.18. The van der Waals surface area contributed by atoms with E-state index in [0.717, 1.165) is 67.8 Å². The number of fused-ring (bicyclic) bond motifs is 1. The molecule has 0 saturated carbocycles.